The van der Waals surface area contributed by atoms with Gasteiger partial charge in [-0.1, -0.05) is 37.6 Å². The molecule has 112 valence electrons. The van der Waals surface area contributed by atoms with Crippen molar-refractivity contribution in [2.75, 3.05) is 5.32 Å². The predicted molar refractivity (Wildman–Crippen MR) is 93.1 cm³/mol. The average molecular weight is 281 g/mol. The van der Waals surface area contributed by atoms with Crippen LogP contribution in [0.3, 0.4) is 0 Å². The fraction of sp³-hybridized carbons (Fsp3) is 0.400. The summed E-state index contributed by atoms with van der Waals surface area (Å²) in [6, 6.07) is 13.8. The number of aryl methyl sites for hydroxylation is 4. The van der Waals surface area contributed by atoms with Gasteiger partial charge in [0.2, 0.25) is 0 Å². The molecule has 0 heterocycles. The van der Waals surface area contributed by atoms with Crippen molar-refractivity contribution in [3.8, 4) is 0 Å². The Balaban J connectivity index is 2.14. The van der Waals surface area contributed by atoms with Gasteiger partial charge in [0.25, 0.3) is 0 Å². The molecule has 21 heavy (non-hydrogen) atoms. The van der Waals surface area contributed by atoms with Gasteiger partial charge in [0.1, 0.15) is 0 Å². The molecule has 2 rings (SSSR count). The highest BCUT2D eigenvalue weighted by molar-refractivity contribution is 5.48. The quantitative estimate of drug-likeness (QED) is 0.737. The molecule has 0 aliphatic heterocycles. The van der Waals surface area contributed by atoms with E-state index in [4.69, 9.17) is 0 Å². The molecule has 0 aliphatic carbocycles. The number of nitrogens with one attached hydrogen (secondary N) is 1. The fourth-order valence-corrected chi connectivity index (χ4v) is 2.83. The highest BCUT2D eigenvalue weighted by atomic mass is 14.9. The van der Waals surface area contributed by atoms with Gasteiger partial charge < -0.3 is 5.32 Å². The van der Waals surface area contributed by atoms with Crippen molar-refractivity contribution >= 4 is 5.69 Å². The van der Waals surface area contributed by atoms with Crippen molar-refractivity contribution in [2.24, 2.45) is 0 Å². The van der Waals surface area contributed by atoms with E-state index in [0.717, 1.165) is 6.42 Å². The van der Waals surface area contributed by atoms with E-state index in [2.05, 4.69) is 76.3 Å². The zero-order valence-corrected chi connectivity index (χ0v) is 14.0. The molecule has 1 heteroatoms. The lowest BCUT2D eigenvalue weighted by Gasteiger charge is -2.19. The molecule has 0 saturated heterocycles. The van der Waals surface area contributed by atoms with Crippen LogP contribution >= 0.6 is 0 Å². The van der Waals surface area contributed by atoms with Gasteiger partial charge in [-0.3, -0.25) is 0 Å². The molecule has 0 amide bonds. The summed E-state index contributed by atoms with van der Waals surface area (Å²) in [6.07, 6.45) is 2.36. The van der Waals surface area contributed by atoms with Gasteiger partial charge in [-0.25, -0.2) is 0 Å². The topological polar surface area (TPSA) is 12.0 Å². The summed E-state index contributed by atoms with van der Waals surface area (Å²) in [7, 11) is 0. The van der Waals surface area contributed by atoms with Gasteiger partial charge in [0.15, 0.2) is 0 Å². The number of hydrogen-bond acceptors (Lipinski definition) is 1. The number of benzene rings is 2. The summed E-state index contributed by atoms with van der Waals surface area (Å²) in [5.74, 6) is 0. The summed E-state index contributed by atoms with van der Waals surface area (Å²) in [6.45, 7) is 11.0. The van der Waals surface area contributed by atoms with E-state index in [0.29, 0.717) is 6.04 Å². The van der Waals surface area contributed by atoms with E-state index in [1.165, 1.54) is 39.9 Å². The first-order valence-electron chi connectivity index (χ1n) is 7.94. The van der Waals surface area contributed by atoms with Crippen molar-refractivity contribution < 1.29 is 0 Å². The maximum Gasteiger partial charge on any atom is 0.0488 e. The molecule has 2 aromatic rings. The molecule has 0 aromatic heterocycles. The highest BCUT2D eigenvalue weighted by Crippen LogP contribution is 2.25. The van der Waals surface area contributed by atoms with Crippen LogP contribution in [0.2, 0.25) is 0 Å². The Morgan fingerprint density at radius 2 is 1.52 bits per heavy atom. The van der Waals surface area contributed by atoms with Crippen molar-refractivity contribution in [3.05, 3.63) is 64.2 Å². The van der Waals surface area contributed by atoms with Crippen LogP contribution in [0.4, 0.5) is 5.69 Å². The van der Waals surface area contributed by atoms with Crippen molar-refractivity contribution in [2.45, 2.75) is 53.5 Å². The summed E-state index contributed by atoms with van der Waals surface area (Å²) in [5, 5.41) is 3.61. The van der Waals surface area contributed by atoms with Crippen LogP contribution in [0.25, 0.3) is 0 Å². The fourth-order valence-electron chi connectivity index (χ4n) is 2.83. The first-order chi connectivity index (χ1) is 10.0. The van der Waals surface area contributed by atoms with Crippen LogP contribution < -0.4 is 5.32 Å². The largest absolute Gasteiger partial charge is 0.379 e. The first-order valence-corrected chi connectivity index (χ1v) is 7.94. The Morgan fingerprint density at radius 3 is 2.14 bits per heavy atom. The van der Waals surface area contributed by atoms with E-state index in [1.807, 2.05) is 0 Å². The van der Waals surface area contributed by atoms with E-state index >= 15 is 0 Å². The van der Waals surface area contributed by atoms with Gasteiger partial charge in [0, 0.05) is 11.7 Å². The van der Waals surface area contributed by atoms with Crippen LogP contribution in [0, 0.1) is 20.8 Å². The second kappa shape index (κ2) is 6.80. The molecule has 0 fully saturated rings. The third-order valence-electron chi connectivity index (χ3n) is 4.22. The van der Waals surface area contributed by atoms with Gasteiger partial charge >= 0.3 is 0 Å². The van der Waals surface area contributed by atoms with Crippen LogP contribution in [0.5, 0.6) is 0 Å². The minimum absolute atomic E-state index is 0.321. The van der Waals surface area contributed by atoms with Crippen LogP contribution in [0.15, 0.2) is 36.4 Å². The zero-order chi connectivity index (χ0) is 15.4. The molecule has 1 atom stereocenters. The summed E-state index contributed by atoms with van der Waals surface area (Å²) < 4.78 is 0. The lowest BCUT2D eigenvalue weighted by molar-refractivity contribution is 0.869. The second-order valence-corrected chi connectivity index (χ2v) is 6.11. The zero-order valence-electron chi connectivity index (χ0n) is 14.0. The van der Waals surface area contributed by atoms with E-state index < -0.39 is 0 Å². The highest BCUT2D eigenvalue weighted by Gasteiger charge is 2.10. The van der Waals surface area contributed by atoms with Gasteiger partial charge in [-0.2, -0.15) is 0 Å². The Labute approximate surface area is 129 Å². The lowest BCUT2D eigenvalue weighted by Crippen LogP contribution is -2.09. The molecule has 1 nitrogen and oxygen atoms in total. The van der Waals surface area contributed by atoms with Gasteiger partial charge in [-0.15, -0.1) is 0 Å². The molecule has 1 N–H and O–H groups in total. The third kappa shape index (κ3) is 3.87. The SMILES string of the molecule is CCCc1ccc(NC(C)c2cc(C)c(C)cc2C)cc1. The smallest absolute Gasteiger partial charge is 0.0488 e. The minimum Gasteiger partial charge on any atom is -0.379 e. The Kier molecular flexibility index (Phi) is 5.06. The summed E-state index contributed by atoms with van der Waals surface area (Å²) in [4.78, 5) is 0. The molecule has 0 bridgehead atoms. The predicted octanol–water partition coefficient (Wildman–Crippen LogP) is 5.74. The molecule has 0 saturated carbocycles. The molecular formula is C20H27N. The van der Waals surface area contributed by atoms with Crippen molar-refractivity contribution in [1.82, 2.24) is 0 Å². The molecule has 0 spiro atoms. The van der Waals surface area contributed by atoms with E-state index in [9.17, 15) is 0 Å². The molecule has 0 aliphatic rings. The molecule has 1 unspecified atom stereocenters. The molecule has 2 aromatic carbocycles. The summed E-state index contributed by atoms with van der Waals surface area (Å²) >= 11 is 0. The van der Waals surface area contributed by atoms with Gasteiger partial charge in [0.05, 0.1) is 0 Å². The average Bonchev–Trinajstić information content (AvgIpc) is 2.45. The Hall–Kier alpha value is -1.76. The minimum atomic E-state index is 0.321. The summed E-state index contributed by atoms with van der Waals surface area (Å²) in [5.41, 5.74) is 8.09. The maximum atomic E-state index is 3.61. The second-order valence-electron chi connectivity index (χ2n) is 6.11. The third-order valence-corrected chi connectivity index (χ3v) is 4.22. The normalized spacial score (nSPS) is 12.2. The van der Waals surface area contributed by atoms with Gasteiger partial charge in [-0.05, 0) is 74.1 Å². The first kappa shape index (κ1) is 15.6. The number of hydrogen-bond donors (Lipinski definition) is 1. The Bertz CT molecular complexity index is 596. The number of rotatable bonds is 5. The maximum absolute atomic E-state index is 3.61. The van der Waals surface area contributed by atoms with Crippen LogP contribution in [0.1, 0.15) is 54.1 Å². The monoisotopic (exact) mass is 281 g/mol. The Morgan fingerprint density at radius 1 is 0.905 bits per heavy atom. The molecular weight excluding hydrogens is 254 g/mol. The van der Waals surface area contributed by atoms with Crippen molar-refractivity contribution in [3.63, 3.8) is 0 Å². The lowest BCUT2D eigenvalue weighted by atomic mass is 9.96. The van der Waals surface area contributed by atoms with Crippen LogP contribution in [-0.4, -0.2) is 0 Å². The number of anilines is 1. The molecule has 0 radical (unpaired) electrons. The van der Waals surface area contributed by atoms with Crippen molar-refractivity contribution in [1.29, 1.82) is 0 Å². The van der Waals surface area contributed by atoms with Crippen LogP contribution in [-0.2, 0) is 6.42 Å². The van der Waals surface area contributed by atoms with E-state index in [1.54, 1.807) is 0 Å². The standard InChI is InChI=1S/C20H27N/c1-6-7-18-8-10-19(11-9-18)21-17(5)20-13-15(3)14(2)12-16(20)4/h8-13,17,21H,6-7H2,1-5H3. The van der Waals surface area contributed by atoms with E-state index in [-0.39, 0.29) is 0 Å².